The fourth-order valence-electron chi connectivity index (χ4n) is 2.43. The summed E-state index contributed by atoms with van der Waals surface area (Å²) in [6.45, 7) is 0.558. The molecule has 2 aromatic heterocycles. The van der Waals surface area contributed by atoms with Crippen LogP contribution in [0.2, 0.25) is 0 Å². The Morgan fingerprint density at radius 2 is 2.08 bits per heavy atom. The molecule has 0 saturated heterocycles. The highest BCUT2D eigenvalue weighted by Gasteiger charge is 2.11. The summed E-state index contributed by atoms with van der Waals surface area (Å²) in [5, 5.41) is 5.91. The number of thiophene rings is 1. The van der Waals surface area contributed by atoms with E-state index in [0.29, 0.717) is 21.9 Å². The fourth-order valence-corrected chi connectivity index (χ4v) is 4.04. The monoisotopic (exact) mass is 389 g/mol. The van der Waals surface area contributed by atoms with Crippen molar-refractivity contribution in [3.63, 3.8) is 0 Å². The molecule has 0 aliphatic rings. The van der Waals surface area contributed by atoms with E-state index < -0.39 is 0 Å². The molecule has 3 aromatic rings. The van der Waals surface area contributed by atoms with Crippen molar-refractivity contribution in [1.29, 1.82) is 0 Å². The Morgan fingerprint density at radius 1 is 1.31 bits per heavy atom. The summed E-state index contributed by atoms with van der Waals surface area (Å²) >= 11 is 2.69. The first-order valence-electron chi connectivity index (χ1n) is 8.05. The minimum absolute atomic E-state index is 0.0796. The molecule has 1 aromatic carbocycles. The van der Waals surface area contributed by atoms with E-state index >= 15 is 0 Å². The number of amides is 1. The zero-order valence-electron chi connectivity index (χ0n) is 14.5. The normalized spacial score (nSPS) is 10.8. The number of aromatic nitrogens is 2. The van der Waals surface area contributed by atoms with Crippen molar-refractivity contribution in [3.05, 3.63) is 51.6 Å². The Bertz CT molecular complexity index is 964. The summed E-state index contributed by atoms with van der Waals surface area (Å²) in [7, 11) is 3.31. The first-order chi connectivity index (χ1) is 12.6. The number of benzene rings is 1. The highest BCUT2D eigenvalue weighted by Crippen LogP contribution is 2.20. The molecule has 8 heteroatoms. The molecule has 136 valence electrons. The molecule has 26 heavy (non-hydrogen) atoms. The van der Waals surface area contributed by atoms with E-state index in [2.05, 4.69) is 10.3 Å². The van der Waals surface area contributed by atoms with E-state index in [9.17, 15) is 9.59 Å². The van der Waals surface area contributed by atoms with Gasteiger partial charge < -0.3 is 10.1 Å². The maximum Gasteiger partial charge on any atom is 0.262 e. The van der Waals surface area contributed by atoms with Crippen LogP contribution in [0.3, 0.4) is 0 Å². The molecule has 0 fully saturated rings. The Balaban J connectivity index is 1.51. The molecule has 1 amide bonds. The van der Waals surface area contributed by atoms with Gasteiger partial charge in [0, 0.05) is 13.6 Å². The quantitative estimate of drug-likeness (QED) is 0.496. The number of carbonyl (C=O) groups excluding carboxylic acids is 1. The van der Waals surface area contributed by atoms with Gasteiger partial charge in [-0.3, -0.25) is 14.2 Å². The standard InChI is InChI=1S/C18H19N3O3S2/c1-21-17(23)14-8-10-25-16(14)20-18(21)26-11-15(22)19-9-7-12-3-5-13(24-2)6-4-12/h3-6,8,10H,7,9,11H2,1-2H3,(H,19,22). The molecule has 0 aliphatic carbocycles. The lowest BCUT2D eigenvalue weighted by molar-refractivity contribution is -0.118. The Kier molecular flexibility index (Phi) is 5.95. The van der Waals surface area contributed by atoms with E-state index in [-0.39, 0.29) is 17.2 Å². The van der Waals surface area contributed by atoms with Crippen molar-refractivity contribution in [2.75, 3.05) is 19.4 Å². The molecule has 1 N–H and O–H groups in total. The number of carbonyl (C=O) groups is 1. The second-order valence-corrected chi connectivity index (χ2v) is 7.47. The average Bonchev–Trinajstić information content (AvgIpc) is 3.13. The van der Waals surface area contributed by atoms with Gasteiger partial charge in [-0.1, -0.05) is 23.9 Å². The van der Waals surface area contributed by atoms with Crippen LogP contribution in [0.1, 0.15) is 5.56 Å². The smallest absolute Gasteiger partial charge is 0.262 e. The van der Waals surface area contributed by atoms with Crippen molar-refractivity contribution < 1.29 is 9.53 Å². The summed E-state index contributed by atoms with van der Waals surface area (Å²) in [5.74, 6) is 0.957. The lowest BCUT2D eigenvalue weighted by atomic mass is 10.1. The molecule has 0 saturated carbocycles. The van der Waals surface area contributed by atoms with Gasteiger partial charge in [0.05, 0.1) is 18.2 Å². The summed E-state index contributed by atoms with van der Waals surface area (Å²) in [5.41, 5.74) is 1.05. The Morgan fingerprint density at radius 3 is 2.81 bits per heavy atom. The molecule has 0 aliphatic heterocycles. The van der Waals surface area contributed by atoms with Gasteiger partial charge in [-0.2, -0.15) is 0 Å². The molecule has 2 heterocycles. The van der Waals surface area contributed by atoms with Crippen LogP contribution in [0.25, 0.3) is 10.2 Å². The number of hydrogen-bond donors (Lipinski definition) is 1. The van der Waals surface area contributed by atoms with Gasteiger partial charge in [0.2, 0.25) is 5.91 Å². The lowest BCUT2D eigenvalue weighted by Crippen LogP contribution is -2.28. The van der Waals surface area contributed by atoms with Crippen LogP contribution >= 0.6 is 23.1 Å². The summed E-state index contributed by atoms with van der Waals surface area (Å²) in [4.78, 5) is 29.5. The topological polar surface area (TPSA) is 73.2 Å². The van der Waals surface area contributed by atoms with Crippen molar-refractivity contribution >= 4 is 39.2 Å². The van der Waals surface area contributed by atoms with Gasteiger partial charge in [-0.25, -0.2) is 4.98 Å². The zero-order chi connectivity index (χ0) is 18.5. The maximum atomic E-state index is 12.2. The van der Waals surface area contributed by atoms with E-state index in [0.717, 1.165) is 17.7 Å². The number of rotatable bonds is 7. The van der Waals surface area contributed by atoms with Gasteiger partial charge in [0.25, 0.3) is 5.56 Å². The van der Waals surface area contributed by atoms with Crippen LogP contribution < -0.4 is 15.6 Å². The molecule has 0 atom stereocenters. The minimum atomic E-state index is -0.0846. The van der Waals surface area contributed by atoms with Crippen LogP contribution in [0.15, 0.2) is 45.7 Å². The number of nitrogens with one attached hydrogen (secondary N) is 1. The van der Waals surface area contributed by atoms with E-state index in [4.69, 9.17) is 4.74 Å². The SMILES string of the molecule is COc1ccc(CCNC(=O)CSc2nc3sccc3c(=O)n2C)cc1. The number of ether oxygens (including phenoxy) is 1. The van der Waals surface area contributed by atoms with Crippen LogP contribution in [-0.2, 0) is 18.3 Å². The summed E-state index contributed by atoms with van der Waals surface area (Å²) < 4.78 is 6.61. The summed E-state index contributed by atoms with van der Waals surface area (Å²) in [6.07, 6.45) is 0.748. The third kappa shape index (κ3) is 4.25. The molecule has 3 rings (SSSR count). The Labute approximate surface area is 159 Å². The van der Waals surface area contributed by atoms with Crippen LogP contribution in [0.5, 0.6) is 5.75 Å². The Hall–Kier alpha value is -2.32. The number of thioether (sulfide) groups is 1. The highest BCUT2D eigenvalue weighted by atomic mass is 32.2. The second-order valence-electron chi connectivity index (χ2n) is 5.63. The highest BCUT2D eigenvalue weighted by molar-refractivity contribution is 7.99. The average molecular weight is 390 g/mol. The van der Waals surface area contributed by atoms with E-state index in [1.54, 1.807) is 20.2 Å². The van der Waals surface area contributed by atoms with Gasteiger partial charge in [-0.05, 0) is 35.6 Å². The number of methoxy groups -OCH3 is 1. The predicted molar refractivity (Wildman–Crippen MR) is 105 cm³/mol. The van der Waals surface area contributed by atoms with Gasteiger partial charge >= 0.3 is 0 Å². The maximum absolute atomic E-state index is 12.2. The van der Waals surface area contributed by atoms with Crippen molar-refractivity contribution in [3.8, 4) is 5.75 Å². The number of hydrogen-bond acceptors (Lipinski definition) is 6. The van der Waals surface area contributed by atoms with Gasteiger partial charge in [0.1, 0.15) is 10.6 Å². The molecule has 0 spiro atoms. The molecular weight excluding hydrogens is 370 g/mol. The van der Waals surface area contributed by atoms with Crippen molar-refractivity contribution in [2.45, 2.75) is 11.6 Å². The summed E-state index contributed by atoms with van der Waals surface area (Å²) in [6, 6.07) is 9.54. The van der Waals surface area contributed by atoms with Gasteiger partial charge in [0.15, 0.2) is 5.16 Å². The third-order valence-corrected chi connectivity index (χ3v) is 5.73. The largest absolute Gasteiger partial charge is 0.497 e. The van der Waals surface area contributed by atoms with Crippen molar-refractivity contribution in [2.24, 2.45) is 7.05 Å². The third-order valence-electron chi connectivity index (χ3n) is 3.89. The number of nitrogens with zero attached hydrogens (tertiary/aromatic N) is 2. The molecular formula is C18H19N3O3S2. The lowest BCUT2D eigenvalue weighted by Gasteiger charge is -2.08. The van der Waals surface area contributed by atoms with E-state index in [1.165, 1.54) is 27.7 Å². The number of fused-ring (bicyclic) bond motifs is 1. The fraction of sp³-hybridized carbons (Fsp3) is 0.278. The van der Waals surface area contributed by atoms with Crippen LogP contribution in [0.4, 0.5) is 0 Å². The first kappa shape index (κ1) is 18.5. The zero-order valence-corrected chi connectivity index (χ0v) is 16.2. The molecule has 0 bridgehead atoms. The molecule has 6 nitrogen and oxygen atoms in total. The first-order valence-corrected chi connectivity index (χ1v) is 9.91. The predicted octanol–water partition coefficient (Wildman–Crippen LogP) is 2.45. The van der Waals surface area contributed by atoms with Crippen LogP contribution in [-0.4, -0.2) is 34.9 Å². The van der Waals surface area contributed by atoms with E-state index in [1.807, 2.05) is 29.6 Å². The van der Waals surface area contributed by atoms with Gasteiger partial charge in [-0.15, -0.1) is 11.3 Å². The second kappa shape index (κ2) is 8.37. The van der Waals surface area contributed by atoms with Crippen LogP contribution in [0, 0.1) is 0 Å². The van der Waals surface area contributed by atoms with Crippen molar-refractivity contribution in [1.82, 2.24) is 14.9 Å². The molecule has 0 unspecified atom stereocenters. The minimum Gasteiger partial charge on any atom is -0.497 e. The molecule has 0 radical (unpaired) electrons.